The first-order valence-corrected chi connectivity index (χ1v) is 12.6. The van der Waals surface area contributed by atoms with E-state index in [-0.39, 0.29) is 45.0 Å². The van der Waals surface area contributed by atoms with E-state index >= 15 is 0 Å². The van der Waals surface area contributed by atoms with E-state index in [4.69, 9.17) is 16.3 Å². The molecular formula is C23H21ClN6O6S. The number of halogens is 1. The number of aromatic nitrogens is 4. The van der Waals surface area contributed by atoms with Crippen molar-refractivity contribution >= 4 is 38.7 Å². The Labute approximate surface area is 216 Å². The zero-order valence-electron chi connectivity index (χ0n) is 19.9. The molecule has 0 saturated heterocycles. The van der Waals surface area contributed by atoms with Gasteiger partial charge in [0.25, 0.3) is 5.91 Å². The number of methoxy groups -OCH3 is 1. The third-order valence-corrected chi connectivity index (χ3v) is 7.49. The highest BCUT2D eigenvalue weighted by Crippen LogP contribution is 2.29. The first-order valence-electron chi connectivity index (χ1n) is 10.7. The zero-order valence-corrected chi connectivity index (χ0v) is 21.4. The summed E-state index contributed by atoms with van der Waals surface area (Å²) in [6.45, 7) is 3.17. The fourth-order valence-corrected chi connectivity index (χ4v) is 5.10. The van der Waals surface area contributed by atoms with Gasteiger partial charge < -0.3 is 10.1 Å². The maximum Gasteiger partial charge on any atom is 0.312 e. The Hall–Kier alpha value is -4.23. The van der Waals surface area contributed by atoms with Crippen LogP contribution in [-0.2, 0) is 16.5 Å². The molecule has 0 saturated carbocycles. The lowest BCUT2D eigenvalue weighted by atomic mass is 10.3. The summed E-state index contributed by atoms with van der Waals surface area (Å²) >= 11 is 5.87. The molecule has 14 heteroatoms. The van der Waals surface area contributed by atoms with E-state index < -0.39 is 20.7 Å². The lowest BCUT2D eigenvalue weighted by molar-refractivity contribution is -0.386. The van der Waals surface area contributed by atoms with Crippen molar-refractivity contribution in [1.82, 2.24) is 19.6 Å². The normalized spacial score (nSPS) is 11.4. The van der Waals surface area contributed by atoms with Crippen LogP contribution in [0.1, 0.15) is 21.9 Å². The van der Waals surface area contributed by atoms with Crippen LogP contribution in [0.3, 0.4) is 0 Å². The Bertz CT molecular complexity index is 1610. The second kappa shape index (κ2) is 10.0. The molecule has 1 amide bonds. The van der Waals surface area contributed by atoms with E-state index in [2.05, 4.69) is 15.5 Å². The van der Waals surface area contributed by atoms with E-state index in [9.17, 15) is 23.3 Å². The smallest absolute Gasteiger partial charge is 0.312 e. The number of benzene rings is 2. The Morgan fingerprint density at radius 3 is 2.43 bits per heavy atom. The van der Waals surface area contributed by atoms with Crippen LogP contribution in [-0.4, -0.2) is 45.9 Å². The molecule has 1 N–H and O–H groups in total. The van der Waals surface area contributed by atoms with Gasteiger partial charge in [-0.2, -0.15) is 10.2 Å². The molecule has 0 atom stereocenters. The number of hydrogen-bond donors (Lipinski definition) is 1. The maximum atomic E-state index is 13.1. The summed E-state index contributed by atoms with van der Waals surface area (Å²) in [4.78, 5) is 23.5. The number of aryl methyl sites for hydroxylation is 1. The van der Waals surface area contributed by atoms with Crippen LogP contribution in [0.25, 0.3) is 0 Å². The predicted octanol–water partition coefficient (Wildman–Crippen LogP) is 3.86. The van der Waals surface area contributed by atoms with E-state index in [0.717, 1.165) is 0 Å². The largest absolute Gasteiger partial charge is 0.497 e. The quantitative estimate of drug-likeness (QED) is 0.259. The van der Waals surface area contributed by atoms with Crippen molar-refractivity contribution < 1.29 is 22.9 Å². The van der Waals surface area contributed by atoms with E-state index in [1.54, 1.807) is 13.8 Å². The van der Waals surface area contributed by atoms with E-state index in [1.807, 2.05) is 0 Å². The molecule has 2 aromatic carbocycles. The van der Waals surface area contributed by atoms with Gasteiger partial charge in [-0.25, -0.2) is 13.1 Å². The van der Waals surface area contributed by atoms with Crippen molar-refractivity contribution in [3.8, 4) is 5.75 Å². The van der Waals surface area contributed by atoms with Gasteiger partial charge in [-0.1, -0.05) is 11.6 Å². The number of amides is 1. The number of nitrogens with zero attached hydrogens (tertiary/aromatic N) is 5. The van der Waals surface area contributed by atoms with Gasteiger partial charge >= 0.3 is 5.69 Å². The highest BCUT2D eigenvalue weighted by Gasteiger charge is 2.23. The van der Waals surface area contributed by atoms with Gasteiger partial charge in [-0.3, -0.25) is 19.6 Å². The monoisotopic (exact) mass is 544 g/mol. The summed E-state index contributed by atoms with van der Waals surface area (Å²) < 4.78 is 34.3. The lowest BCUT2D eigenvalue weighted by Gasteiger charge is -2.11. The van der Waals surface area contributed by atoms with Crippen LogP contribution in [0.15, 0.2) is 64.5 Å². The van der Waals surface area contributed by atoms with Crippen LogP contribution < -0.4 is 10.1 Å². The van der Waals surface area contributed by atoms with Crippen molar-refractivity contribution in [3.05, 3.63) is 86.9 Å². The fourth-order valence-electron chi connectivity index (χ4n) is 3.65. The maximum absolute atomic E-state index is 13.1. The molecule has 4 aromatic rings. The minimum absolute atomic E-state index is 0.0329. The summed E-state index contributed by atoms with van der Waals surface area (Å²) in [5, 5.41) is 22.6. The topological polar surface area (TPSA) is 151 Å². The molecule has 0 unspecified atom stereocenters. The van der Waals surface area contributed by atoms with Crippen LogP contribution in [0.4, 0.5) is 11.4 Å². The Balaban J connectivity index is 1.56. The van der Waals surface area contributed by atoms with Gasteiger partial charge in [0.15, 0.2) is 5.69 Å². The van der Waals surface area contributed by atoms with E-state index in [0.29, 0.717) is 10.7 Å². The molecule has 0 aliphatic heterocycles. The first kappa shape index (κ1) is 25.9. The molecule has 0 bridgehead atoms. The molecule has 37 heavy (non-hydrogen) atoms. The molecule has 0 spiro atoms. The van der Waals surface area contributed by atoms with Crippen LogP contribution in [0, 0.1) is 24.0 Å². The van der Waals surface area contributed by atoms with Gasteiger partial charge in [-0.05, 0) is 56.3 Å². The summed E-state index contributed by atoms with van der Waals surface area (Å²) in [7, 11) is -2.54. The number of sulfone groups is 1. The van der Waals surface area contributed by atoms with Crippen molar-refractivity contribution in [2.75, 3.05) is 12.4 Å². The number of rotatable bonds is 8. The highest BCUT2D eigenvalue weighted by molar-refractivity contribution is 7.91. The molecule has 2 aromatic heterocycles. The minimum Gasteiger partial charge on any atom is -0.497 e. The molecular weight excluding hydrogens is 524 g/mol. The molecule has 4 rings (SSSR count). The molecule has 12 nitrogen and oxygen atoms in total. The number of nitrogens with one attached hydrogen (secondary N) is 1. The summed E-state index contributed by atoms with van der Waals surface area (Å²) in [6.07, 6.45) is 1.53. The highest BCUT2D eigenvalue weighted by atomic mass is 35.5. The standard InChI is InChI=1S/C23H21ClN6O6S/c1-14-22(30(32)33)15(2)29(26-14)13-28-9-8-21(27-28)23(31)25-17-10-18(36-3)12-20(11-17)37(34,35)19-6-4-16(24)5-7-19/h4-12H,13H2,1-3H3,(H,25,31). The molecule has 0 fully saturated rings. The predicted molar refractivity (Wildman–Crippen MR) is 134 cm³/mol. The van der Waals surface area contributed by atoms with Crippen molar-refractivity contribution in [1.29, 1.82) is 0 Å². The van der Waals surface area contributed by atoms with Crippen LogP contribution >= 0.6 is 11.6 Å². The van der Waals surface area contributed by atoms with Crippen molar-refractivity contribution in [2.24, 2.45) is 0 Å². The average molecular weight is 545 g/mol. The van der Waals surface area contributed by atoms with Gasteiger partial charge in [0.1, 0.15) is 23.8 Å². The molecule has 0 aliphatic rings. The number of anilines is 1. The van der Waals surface area contributed by atoms with Gasteiger partial charge in [0.05, 0.1) is 21.8 Å². The lowest BCUT2D eigenvalue weighted by Crippen LogP contribution is -2.16. The fraction of sp³-hybridized carbons (Fsp3) is 0.174. The second-order valence-electron chi connectivity index (χ2n) is 7.97. The van der Waals surface area contributed by atoms with Gasteiger partial charge in [0.2, 0.25) is 9.84 Å². The Kier molecular flexibility index (Phi) is 7.01. The zero-order chi connectivity index (χ0) is 26.9. The molecule has 2 heterocycles. The van der Waals surface area contributed by atoms with Crippen LogP contribution in [0.5, 0.6) is 5.75 Å². The molecule has 192 valence electrons. The summed E-state index contributed by atoms with van der Waals surface area (Å²) in [6, 6.07) is 11.3. The SMILES string of the molecule is COc1cc(NC(=O)c2ccn(Cn3nc(C)c([N+](=O)[O-])c3C)n2)cc(S(=O)(=O)c2ccc(Cl)cc2)c1. The minimum atomic E-state index is -3.92. The second-order valence-corrected chi connectivity index (χ2v) is 10.4. The van der Waals surface area contributed by atoms with Crippen molar-refractivity contribution in [2.45, 2.75) is 30.3 Å². The average Bonchev–Trinajstić information content (AvgIpc) is 3.43. The Morgan fingerprint density at radius 1 is 1.11 bits per heavy atom. The van der Waals surface area contributed by atoms with Crippen molar-refractivity contribution in [3.63, 3.8) is 0 Å². The van der Waals surface area contributed by atoms with Crippen LogP contribution in [0.2, 0.25) is 5.02 Å². The Morgan fingerprint density at radius 2 is 1.81 bits per heavy atom. The van der Waals surface area contributed by atoms with E-state index in [1.165, 1.54) is 71.2 Å². The third kappa shape index (κ3) is 5.32. The third-order valence-electron chi connectivity index (χ3n) is 5.49. The van der Waals surface area contributed by atoms with Gasteiger partial charge in [-0.15, -0.1) is 0 Å². The number of carbonyl (C=O) groups is 1. The number of ether oxygens (including phenoxy) is 1. The number of carbonyl (C=O) groups excluding carboxylic acids is 1. The summed E-state index contributed by atoms with van der Waals surface area (Å²) in [5.41, 5.74) is 0.777. The van der Waals surface area contributed by atoms with Gasteiger partial charge in [0, 0.05) is 23.0 Å². The first-order chi connectivity index (χ1) is 17.5. The number of nitro groups is 1. The number of hydrogen-bond acceptors (Lipinski definition) is 8. The molecule has 0 radical (unpaired) electrons. The molecule has 0 aliphatic carbocycles. The summed E-state index contributed by atoms with van der Waals surface area (Å²) in [5.74, 6) is -0.372.